The minimum Gasteiger partial charge on any atom is -0.397 e. The van der Waals surface area contributed by atoms with Crippen LogP contribution in [0.4, 0.5) is 5.69 Å². The highest BCUT2D eigenvalue weighted by Crippen LogP contribution is 2.23. The average molecular weight is 272 g/mol. The largest absolute Gasteiger partial charge is 0.397 e. The van der Waals surface area contributed by atoms with Gasteiger partial charge in [-0.3, -0.25) is 4.90 Å². The Morgan fingerprint density at radius 2 is 2.25 bits per heavy atom. The second-order valence-electron chi connectivity index (χ2n) is 6.08. The molecule has 0 saturated carbocycles. The number of anilines is 1. The third kappa shape index (κ3) is 2.40. The van der Waals surface area contributed by atoms with E-state index in [9.17, 15) is 0 Å². The van der Waals surface area contributed by atoms with E-state index in [1.807, 2.05) is 18.3 Å². The summed E-state index contributed by atoms with van der Waals surface area (Å²) >= 11 is 0. The van der Waals surface area contributed by atoms with Gasteiger partial charge in [0.2, 0.25) is 0 Å². The van der Waals surface area contributed by atoms with Gasteiger partial charge in [0, 0.05) is 24.7 Å². The van der Waals surface area contributed by atoms with Gasteiger partial charge in [0.1, 0.15) is 5.82 Å². The smallest absolute Gasteiger partial charge is 0.114 e. The molecule has 0 aromatic carbocycles. The van der Waals surface area contributed by atoms with Crippen molar-refractivity contribution in [3.05, 3.63) is 30.4 Å². The first-order valence-electron chi connectivity index (χ1n) is 7.63. The molecule has 20 heavy (non-hydrogen) atoms. The standard InChI is InChI=1S/C16H24N4/c1-12(2)19-8-4-3-6-13(19)10-16-18-11-15-14(17)7-5-9-20(15)16/h5,7,9,11-13H,3-4,6,8,10,17H2,1-2H3. The van der Waals surface area contributed by atoms with Crippen LogP contribution in [0, 0.1) is 0 Å². The van der Waals surface area contributed by atoms with Gasteiger partial charge < -0.3 is 10.1 Å². The molecule has 0 aliphatic carbocycles. The van der Waals surface area contributed by atoms with Crippen molar-refractivity contribution in [3.63, 3.8) is 0 Å². The zero-order valence-corrected chi connectivity index (χ0v) is 12.4. The van der Waals surface area contributed by atoms with Crippen molar-refractivity contribution in [2.45, 2.75) is 51.6 Å². The van der Waals surface area contributed by atoms with E-state index in [0.29, 0.717) is 12.1 Å². The number of nitrogens with two attached hydrogens (primary N) is 1. The summed E-state index contributed by atoms with van der Waals surface area (Å²) in [5.74, 6) is 1.13. The second-order valence-corrected chi connectivity index (χ2v) is 6.08. The van der Waals surface area contributed by atoms with E-state index < -0.39 is 0 Å². The highest BCUT2D eigenvalue weighted by atomic mass is 15.2. The lowest BCUT2D eigenvalue weighted by atomic mass is 9.97. The monoisotopic (exact) mass is 272 g/mol. The van der Waals surface area contributed by atoms with Crippen molar-refractivity contribution in [3.8, 4) is 0 Å². The van der Waals surface area contributed by atoms with Crippen LogP contribution in [0.1, 0.15) is 38.9 Å². The number of nitrogen functional groups attached to an aromatic ring is 1. The summed E-state index contributed by atoms with van der Waals surface area (Å²) in [5.41, 5.74) is 7.83. The molecular weight excluding hydrogens is 248 g/mol. The maximum absolute atomic E-state index is 6.01. The van der Waals surface area contributed by atoms with E-state index >= 15 is 0 Å². The van der Waals surface area contributed by atoms with Crippen LogP contribution in [0.3, 0.4) is 0 Å². The number of likely N-dealkylation sites (tertiary alicyclic amines) is 1. The lowest BCUT2D eigenvalue weighted by Crippen LogP contribution is -2.45. The van der Waals surface area contributed by atoms with E-state index in [0.717, 1.165) is 23.4 Å². The Morgan fingerprint density at radius 3 is 3.05 bits per heavy atom. The fourth-order valence-electron chi connectivity index (χ4n) is 3.38. The van der Waals surface area contributed by atoms with E-state index in [2.05, 4.69) is 34.3 Å². The first kappa shape index (κ1) is 13.4. The van der Waals surface area contributed by atoms with E-state index in [1.165, 1.54) is 25.8 Å². The van der Waals surface area contributed by atoms with Crippen LogP contribution in [0.2, 0.25) is 0 Å². The number of piperidine rings is 1. The number of fused-ring (bicyclic) bond motifs is 1. The summed E-state index contributed by atoms with van der Waals surface area (Å²) < 4.78 is 2.14. The van der Waals surface area contributed by atoms with Gasteiger partial charge in [-0.15, -0.1) is 0 Å². The van der Waals surface area contributed by atoms with Crippen molar-refractivity contribution in [2.75, 3.05) is 12.3 Å². The van der Waals surface area contributed by atoms with Crippen molar-refractivity contribution in [1.82, 2.24) is 14.3 Å². The molecule has 0 spiro atoms. The van der Waals surface area contributed by atoms with Gasteiger partial charge in [-0.25, -0.2) is 4.98 Å². The molecule has 4 nitrogen and oxygen atoms in total. The molecule has 0 amide bonds. The predicted molar refractivity (Wildman–Crippen MR) is 82.8 cm³/mol. The Morgan fingerprint density at radius 1 is 1.40 bits per heavy atom. The normalized spacial score (nSPS) is 20.9. The molecule has 2 N–H and O–H groups in total. The Kier molecular flexibility index (Phi) is 3.66. The summed E-state index contributed by atoms with van der Waals surface area (Å²) in [6, 6.07) is 5.14. The van der Waals surface area contributed by atoms with Crippen LogP contribution >= 0.6 is 0 Å². The van der Waals surface area contributed by atoms with E-state index in [-0.39, 0.29) is 0 Å². The van der Waals surface area contributed by atoms with Gasteiger partial charge in [-0.05, 0) is 45.4 Å². The Labute approximate surface area is 120 Å². The third-order valence-electron chi connectivity index (χ3n) is 4.43. The molecule has 2 aromatic rings. The number of aromatic nitrogens is 2. The Balaban J connectivity index is 1.86. The molecule has 3 rings (SSSR count). The van der Waals surface area contributed by atoms with Crippen molar-refractivity contribution < 1.29 is 0 Å². The number of nitrogens with zero attached hydrogens (tertiary/aromatic N) is 3. The van der Waals surface area contributed by atoms with Crippen LogP contribution in [0.25, 0.3) is 5.52 Å². The first-order chi connectivity index (χ1) is 9.66. The number of imidazole rings is 1. The van der Waals surface area contributed by atoms with Crippen molar-refractivity contribution >= 4 is 11.2 Å². The molecule has 0 radical (unpaired) electrons. The Bertz CT molecular complexity index is 587. The molecule has 2 aromatic heterocycles. The number of hydrogen-bond acceptors (Lipinski definition) is 3. The maximum atomic E-state index is 6.01. The maximum Gasteiger partial charge on any atom is 0.114 e. The fourth-order valence-corrected chi connectivity index (χ4v) is 3.38. The molecule has 1 unspecified atom stereocenters. The summed E-state index contributed by atoms with van der Waals surface area (Å²) in [6.45, 7) is 5.80. The lowest BCUT2D eigenvalue weighted by molar-refractivity contribution is 0.110. The van der Waals surface area contributed by atoms with Crippen LogP contribution in [-0.2, 0) is 6.42 Å². The predicted octanol–water partition coefficient (Wildman–Crippen LogP) is 2.72. The summed E-state index contributed by atoms with van der Waals surface area (Å²) in [7, 11) is 0. The van der Waals surface area contributed by atoms with Gasteiger partial charge >= 0.3 is 0 Å². The number of rotatable bonds is 3. The molecule has 3 heterocycles. The highest BCUT2D eigenvalue weighted by Gasteiger charge is 2.25. The van der Waals surface area contributed by atoms with Gasteiger partial charge in [-0.1, -0.05) is 6.42 Å². The SMILES string of the molecule is CC(C)N1CCCCC1Cc1ncc2c(N)cccn12. The summed E-state index contributed by atoms with van der Waals surface area (Å²) in [4.78, 5) is 7.22. The zero-order valence-electron chi connectivity index (χ0n) is 12.4. The van der Waals surface area contributed by atoms with Crippen molar-refractivity contribution in [2.24, 2.45) is 0 Å². The summed E-state index contributed by atoms with van der Waals surface area (Å²) in [6.07, 6.45) is 8.90. The molecule has 0 bridgehead atoms. The molecule has 1 atom stereocenters. The quantitative estimate of drug-likeness (QED) is 0.934. The molecule has 1 aliphatic rings. The molecule has 1 aliphatic heterocycles. The number of hydrogen-bond donors (Lipinski definition) is 1. The molecule has 4 heteroatoms. The first-order valence-corrected chi connectivity index (χ1v) is 7.63. The van der Waals surface area contributed by atoms with Crippen LogP contribution in [-0.4, -0.2) is 32.9 Å². The van der Waals surface area contributed by atoms with Gasteiger partial charge in [0.15, 0.2) is 0 Å². The van der Waals surface area contributed by atoms with Crippen molar-refractivity contribution in [1.29, 1.82) is 0 Å². The van der Waals surface area contributed by atoms with Gasteiger partial charge in [-0.2, -0.15) is 0 Å². The van der Waals surface area contributed by atoms with Crippen LogP contribution < -0.4 is 5.73 Å². The lowest BCUT2D eigenvalue weighted by Gasteiger charge is -2.38. The molecule has 108 valence electrons. The Hall–Kier alpha value is -1.55. The molecule has 1 saturated heterocycles. The minimum atomic E-state index is 0.607. The average Bonchev–Trinajstić information content (AvgIpc) is 2.84. The molecular formula is C16H24N4. The number of pyridine rings is 1. The van der Waals surface area contributed by atoms with Gasteiger partial charge in [0.05, 0.1) is 17.4 Å². The minimum absolute atomic E-state index is 0.607. The topological polar surface area (TPSA) is 46.6 Å². The fraction of sp³-hybridized carbons (Fsp3) is 0.562. The van der Waals surface area contributed by atoms with Crippen LogP contribution in [0.15, 0.2) is 24.5 Å². The van der Waals surface area contributed by atoms with E-state index in [1.54, 1.807) is 0 Å². The zero-order chi connectivity index (χ0) is 14.1. The van der Waals surface area contributed by atoms with Crippen LogP contribution in [0.5, 0.6) is 0 Å². The highest BCUT2D eigenvalue weighted by molar-refractivity contribution is 5.68. The van der Waals surface area contributed by atoms with E-state index in [4.69, 9.17) is 5.73 Å². The summed E-state index contributed by atoms with van der Waals surface area (Å²) in [5, 5.41) is 0. The molecule has 1 fully saturated rings. The third-order valence-corrected chi connectivity index (χ3v) is 4.43. The second kappa shape index (κ2) is 5.44. The van der Waals surface area contributed by atoms with Gasteiger partial charge in [0.25, 0.3) is 0 Å².